The van der Waals surface area contributed by atoms with Crippen LogP contribution >= 0.6 is 0 Å². The summed E-state index contributed by atoms with van der Waals surface area (Å²) in [5.74, 6) is 0.856. The van der Waals surface area contributed by atoms with Gasteiger partial charge >= 0.3 is 0 Å². The first-order chi connectivity index (χ1) is 11.6. The van der Waals surface area contributed by atoms with Gasteiger partial charge < -0.3 is 20.1 Å². The van der Waals surface area contributed by atoms with E-state index in [1.807, 2.05) is 12.1 Å². The van der Waals surface area contributed by atoms with Gasteiger partial charge in [-0.2, -0.15) is 0 Å². The van der Waals surface area contributed by atoms with E-state index in [9.17, 15) is 0 Å². The molecule has 1 heterocycles. The molecule has 24 heavy (non-hydrogen) atoms. The van der Waals surface area contributed by atoms with Crippen LogP contribution in [0.1, 0.15) is 18.1 Å². The molecular weight excluding hydrogens is 298 g/mol. The number of anilines is 1. The van der Waals surface area contributed by atoms with Gasteiger partial charge in [0.05, 0.1) is 6.54 Å². The lowest BCUT2D eigenvalue weighted by atomic mass is 10.1. The third-order valence-corrected chi connectivity index (χ3v) is 3.80. The lowest BCUT2D eigenvalue weighted by Crippen LogP contribution is -2.38. The minimum atomic E-state index is 0.659. The maximum Gasteiger partial charge on any atom is 0.191 e. The molecule has 0 radical (unpaired) electrons. The summed E-state index contributed by atoms with van der Waals surface area (Å²) >= 11 is 0. The van der Waals surface area contributed by atoms with Gasteiger partial charge in [-0.3, -0.25) is 0 Å². The van der Waals surface area contributed by atoms with Crippen LogP contribution in [-0.4, -0.2) is 37.7 Å². The number of rotatable bonds is 7. The zero-order valence-electron chi connectivity index (χ0n) is 15.2. The lowest BCUT2D eigenvalue weighted by molar-refractivity contribution is 0.666. The highest BCUT2D eigenvalue weighted by atomic mass is 15.2. The number of nitrogens with one attached hydrogen (secondary N) is 2. The first kappa shape index (κ1) is 17.9. The van der Waals surface area contributed by atoms with Gasteiger partial charge in [0.25, 0.3) is 0 Å². The number of hydrogen-bond acceptors (Lipinski definition) is 2. The molecule has 0 aliphatic carbocycles. The van der Waals surface area contributed by atoms with Crippen molar-refractivity contribution in [1.29, 1.82) is 0 Å². The molecule has 0 unspecified atom stereocenters. The van der Waals surface area contributed by atoms with Gasteiger partial charge in [0.1, 0.15) is 0 Å². The molecule has 2 aromatic rings. The van der Waals surface area contributed by atoms with E-state index in [1.54, 1.807) is 0 Å². The summed E-state index contributed by atoms with van der Waals surface area (Å²) in [6.07, 6.45) is 4.14. The van der Waals surface area contributed by atoms with Gasteiger partial charge in [-0.15, -0.1) is 0 Å². The van der Waals surface area contributed by atoms with E-state index in [0.29, 0.717) is 6.54 Å². The largest absolute Gasteiger partial charge is 0.377 e. The van der Waals surface area contributed by atoms with E-state index < -0.39 is 0 Å². The molecular formula is C19H29N5. The van der Waals surface area contributed by atoms with Crippen LogP contribution in [0.15, 0.2) is 47.7 Å². The monoisotopic (exact) mass is 327 g/mol. The second-order valence-corrected chi connectivity index (χ2v) is 6.07. The van der Waals surface area contributed by atoms with Crippen molar-refractivity contribution < 1.29 is 0 Å². The molecule has 0 aliphatic rings. The van der Waals surface area contributed by atoms with Crippen molar-refractivity contribution in [3.8, 4) is 0 Å². The van der Waals surface area contributed by atoms with Gasteiger partial charge in [0, 0.05) is 51.8 Å². The number of benzene rings is 1. The Hall–Kier alpha value is -2.43. The van der Waals surface area contributed by atoms with E-state index >= 15 is 0 Å². The predicted molar refractivity (Wildman–Crippen MR) is 103 cm³/mol. The van der Waals surface area contributed by atoms with E-state index in [0.717, 1.165) is 25.6 Å². The summed E-state index contributed by atoms with van der Waals surface area (Å²) in [6.45, 7) is 7.48. The summed E-state index contributed by atoms with van der Waals surface area (Å²) in [5, 5.41) is 6.70. The van der Waals surface area contributed by atoms with Crippen LogP contribution < -0.4 is 15.5 Å². The summed E-state index contributed by atoms with van der Waals surface area (Å²) in [6, 6.07) is 10.6. The fourth-order valence-corrected chi connectivity index (χ4v) is 2.55. The van der Waals surface area contributed by atoms with Crippen LogP contribution in [0.4, 0.5) is 5.69 Å². The first-order valence-corrected chi connectivity index (χ1v) is 8.50. The van der Waals surface area contributed by atoms with Crippen molar-refractivity contribution in [3.63, 3.8) is 0 Å². The molecule has 0 saturated carbocycles. The Bertz CT molecular complexity index is 644. The Morgan fingerprint density at radius 2 is 1.92 bits per heavy atom. The van der Waals surface area contributed by atoms with Crippen LogP contribution in [0.3, 0.4) is 0 Å². The fraction of sp³-hybridized carbons (Fsp3) is 0.421. The molecule has 130 valence electrons. The van der Waals surface area contributed by atoms with E-state index in [1.165, 1.54) is 16.8 Å². The number of aliphatic imine (C=N–C) groups is 1. The van der Waals surface area contributed by atoms with Crippen LogP contribution in [-0.2, 0) is 13.1 Å². The molecule has 0 bridgehead atoms. The van der Waals surface area contributed by atoms with Crippen LogP contribution in [0.25, 0.3) is 0 Å². The maximum atomic E-state index is 4.73. The number of aryl methyl sites for hydroxylation is 1. The standard InChI is InChI=1S/C19H29N5/c1-5-20-19(21-10-13-24-11-6-7-12-24)22-15-17-9-8-16(2)14-18(17)23(3)4/h6-9,11-12,14H,5,10,13,15H2,1-4H3,(H2,20,21,22). The molecule has 5 heteroatoms. The second kappa shape index (κ2) is 9.01. The molecule has 2 N–H and O–H groups in total. The van der Waals surface area contributed by atoms with Gasteiger partial charge in [0.15, 0.2) is 5.96 Å². The normalized spacial score (nSPS) is 11.4. The zero-order valence-corrected chi connectivity index (χ0v) is 15.2. The fourth-order valence-electron chi connectivity index (χ4n) is 2.55. The molecule has 1 aromatic carbocycles. The molecule has 1 aromatic heterocycles. The highest BCUT2D eigenvalue weighted by Crippen LogP contribution is 2.21. The zero-order chi connectivity index (χ0) is 17.4. The van der Waals surface area contributed by atoms with Gasteiger partial charge in [-0.05, 0) is 43.2 Å². The molecule has 5 nitrogen and oxygen atoms in total. The third-order valence-electron chi connectivity index (χ3n) is 3.80. The Labute approximate surface area is 145 Å². The van der Waals surface area contributed by atoms with Crippen molar-refractivity contribution in [2.75, 3.05) is 32.1 Å². The Morgan fingerprint density at radius 1 is 1.17 bits per heavy atom. The van der Waals surface area contributed by atoms with E-state index in [2.05, 4.69) is 78.6 Å². The highest BCUT2D eigenvalue weighted by molar-refractivity contribution is 5.79. The smallest absolute Gasteiger partial charge is 0.191 e. The minimum absolute atomic E-state index is 0.659. The Kier molecular flexibility index (Phi) is 6.73. The van der Waals surface area contributed by atoms with Crippen molar-refractivity contribution in [2.45, 2.75) is 26.9 Å². The number of guanidine groups is 1. The predicted octanol–water partition coefficient (Wildman–Crippen LogP) is 2.62. The average Bonchev–Trinajstić information content (AvgIpc) is 3.06. The summed E-state index contributed by atoms with van der Waals surface area (Å²) in [5.41, 5.74) is 3.72. The van der Waals surface area contributed by atoms with Crippen molar-refractivity contribution in [1.82, 2.24) is 15.2 Å². The molecule has 0 atom stereocenters. The quantitative estimate of drug-likeness (QED) is 0.607. The molecule has 0 saturated heterocycles. The van der Waals surface area contributed by atoms with Crippen LogP contribution in [0.2, 0.25) is 0 Å². The third kappa shape index (κ3) is 5.33. The summed E-state index contributed by atoms with van der Waals surface area (Å²) in [4.78, 5) is 6.88. The van der Waals surface area contributed by atoms with Crippen LogP contribution in [0.5, 0.6) is 0 Å². The maximum absolute atomic E-state index is 4.73. The number of aromatic nitrogens is 1. The van der Waals surface area contributed by atoms with Gasteiger partial charge in [-0.1, -0.05) is 12.1 Å². The molecule has 0 aliphatic heterocycles. The highest BCUT2D eigenvalue weighted by Gasteiger charge is 2.05. The summed E-state index contributed by atoms with van der Waals surface area (Å²) < 4.78 is 2.15. The van der Waals surface area contributed by atoms with Crippen molar-refractivity contribution in [3.05, 3.63) is 53.9 Å². The second-order valence-electron chi connectivity index (χ2n) is 6.07. The van der Waals surface area contributed by atoms with Gasteiger partial charge in [0.2, 0.25) is 0 Å². The topological polar surface area (TPSA) is 44.6 Å². The van der Waals surface area contributed by atoms with E-state index in [4.69, 9.17) is 4.99 Å². The van der Waals surface area contributed by atoms with Crippen molar-refractivity contribution in [2.24, 2.45) is 4.99 Å². The summed E-state index contributed by atoms with van der Waals surface area (Å²) in [7, 11) is 4.14. The number of nitrogens with zero attached hydrogens (tertiary/aromatic N) is 3. The van der Waals surface area contributed by atoms with Crippen molar-refractivity contribution >= 4 is 11.6 Å². The first-order valence-electron chi connectivity index (χ1n) is 8.50. The SMILES string of the molecule is CCNC(=NCc1ccc(C)cc1N(C)C)NCCn1cccc1. The number of hydrogen-bond donors (Lipinski definition) is 2. The van der Waals surface area contributed by atoms with Crippen LogP contribution in [0, 0.1) is 6.92 Å². The Morgan fingerprint density at radius 3 is 2.58 bits per heavy atom. The molecule has 0 fully saturated rings. The lowest BCUT2D eigenvalue weighted by Gasteiger charge is -2.18. The molecule has 2 rings (SSSR count). The minimum Gasteiger partial charge on any atom is -0.377 e. The van der Waals surface area contributed by atoms with Gasteiger partial charge in [-0.25, -0.2) is 4.99 Å². The van der Waals surface area contributed by atoms with E-state index in [-0.39, 0.29) is 0 Å². The average molecular weight is 327 g/mol. The molecule has 0 amide bonds. The molecule has 0 spiro atoms. The Balaban J connectivity index is 1.99.